The van der Waals surface area contributed by atoms with Gasteiger partial charge in [0.05, 0.1) is 16.6 Å². The van der Waals surface area contributed by atoms with Gasteiger partial charge in [0, 0.05) is 30.9 Å². The first-order chi connectivity index (χ1) is 14.4. The summed E-state index contributed by atoms with van der Waals surface area (Å²) in [5.41, 5.74) is 1.63. The quantitative estimate of drug-likeness (QED) is 0.694. The Balaban J connectivity index is 1.40. The van der Waals surface area contributed by atoms with Crippen LogP contribution in [0.4, 0.5) is 10.1 Å². The van der Waals surface area contributed by atoms with E-state index in [0.29, 0.717) is 19.0 Å². The number of fused-ring (bicyclic) bond motifs is 1. The van der Waals surface area contributed by atoms with Gasteiger partial charge >= 0.3 is 7.12 Å². The largest absolute Gasteiger partial charge is 0.494 e. The third-order valence-electron chi connectivity index (χ3n) is 8.37. The Hall–Kier alpha value is -1.44. The molecule has 7 heteroatoms. The van der Waals surface area contributed by atoms with E-state index in [4.69, 9.17) is 9.31 Å². The molecule has 1 aliphatic carbocycles. The van der Waals surface area contributed by atoms with Crippen LogP contribution in [0.1, 0.15) is 66.4 Å². The fraction of sp³-hybridized carbons (Fsp3) is 0.708. The van der Waals surface area contributed by atoms with Crippen molar-refractivity contribution in [2.75, 3.05) is 18.0 Å². The van der Waals surface area contributed by atoms with Crippen molar-refractivity contribution in [3.63, 3.8) is 0 Å². The summed E-state index contributed by atoms with van der Waals surface area (Å²) in [4.78, 5) is 17.7. The number of nitrogens with zero attached hydrogens (tertiary/aromatic N) is 2. The summed E-state index contributed by atoms with van der Waals surface area (Å²) in [6, 6.07) is 6.75. The molecule has 4 aliphatic rings. The van der Waals surface area contributed by atoms with Gasteiger partial charge in [0.1, 0.15) is 6.17 Å². The normalized spacial score (nSPS) is 33.6. The summed E-state index contributed by atoms with van der Waals surface area (Å²) in [7, 11) is -0.448. The summed E-state index contributed by atoms with van der Waals surface area (Å²) in [5, 5.41) is 0. The molecule has 0 aromatic heterocycles. The lowest BCUT2D eigenvalue weighted by Gasteiger charge is -2.45. The van der Waals surface area contributed by atoms with Gasteiger partial charge in [-0.2, -0.15) is 0 Å². The van der Waals surface area contributed by atoms with E-state index in [1.807, 2.05) is 52.5 Å². The van der Waals surface area contributed by atoms with Gasteiger partial charge in [-0.3, -0.25) is 9.69 Å². The molecule has 5 rings (SSSR count). The van der Waals surface area contributed by atoms with Crippen LogP contribution in [-0.2, 0) is 19.5 Å². The molecule has 0 spiro atoms. The molecule has 31 heavy (non-hydrogen) atoms. The minimum absolute atomic E-state index is 0.154. The predicted molar refractivity (Wildman–Crippen MR) is 121 cm³/mol. The van der Waals surface area contributed by atoms with Crippen molar-refractivity contribution in [1.29, 1.82) is 0 Å². The van der Waals surface area contributed by atoms with E-state index in [2.05, 4.69) is 17.0 Å². The first-order valence-electron chi connectivity index (χ1n) is 11.6. The van der Waals surface area contributed by atoms with Crippen molar-refractivity contribution in [3.05, 3.63) is 23.8 Å². The van der Waals surface area contributed by atoms with Crippen LogP contribution in [0, 0.1) is 0 Å². The van der Waals surface area contributed by atoms with Crippen LogP contribution < -0.4 is 10.4 Å². The number of halogens is 1. The highest BCUT2D eigenvalue weighted by Crippen LogP contribution is 2.46. The highest BCUT2D eigenvalue weighted by Gasteiger charge is 2.54. The first kappa shape index (κ1) is 21.4. The molecule has 1 atom stereocenters. The van der Waals surface area contributed by atoms with Crippen molar-refractivity contribution < 1.29 is 18.5 Å². The molecule has 0 radical (unpaired) electrons. The zero-order chi connectivity index (χ0) is 22.3. The number of benzene rings is 1. The lowest BCUT2D eigenvalue weighted by Crippen LogP contribution is -2.56. The smallest absolute Gasteiger partial charge is 0.399 e. The minimum atomic E-state index is -0.699. The molecule has 3 heterocycles. The molecule has 3 aliphatic heterocycles. The monoisotopic (exact) mass is 428 g/mol. The SMILES string of the molecule is CC1(C)C(=O)N(C2CC(N3CCC(F)C3)C2)c2cc(B3OC(C)(C)C(C)(C)O3)ccc21. The van der Waals surface area contributed by atoms with Crippen molar-refractivity contribution in [2.45, 2.75) is 95.7 Å². The summed E-state index contributed by atoms with van der Waals surface area (Å²) in [5.74, 6) is 0.154. The highest BCUT2D eigenvalue weighted by molar-refractivity contribution is 6.62. The second kappa shape index (κ2) is 6.78. The topological polar surface area (TPSA) is 42.0 Å². The van der Waals surface area contributed by atoms with E-state index in [9.17, 15) is 9.18 Å². The third-order valence-corrected chi connectivity index (χ3v) is 8.37. The number of carbonyl (C=O) groups is 1. The molecule has 168 valence electrons. The van der Waals surface area contributed by atoms with Crippen LogP contribution in [0.3, 0.4) is 0 Å². The number of hydrogen-bond acceptors (Lipinski definition) is 4. The molecule has 3 fully saturated rings. The maximum atomic E-state index is 13.6. The van der Waals surface area contributed by atoms with Crippen molar-refractivity contribution in [2.24, 2.45) is 0 Å². The molecule has 1 saturated carbocycles. The van der Waals surface area contributed by atoms with Crippen LogP contribution in [0.25, 0.3) is 0 Å². The van der Waals surface area contributed by atoms with Gasteiger partial charge in [0.25, 0.3) is 0 Å². The second-order valence-electron chi connectivity index (χ2n) is 11.3. The van der Waals surface area contributed by atoms with Crippen LogP contribution in [0.5, 0.6) is 0 Å². The molecule has 1 unspecified atom stereocenters. The summed E-state index contributed by atoms with van der Waals surface area (Å²) in [6.45, 7) is 13.6. The first-order valence-corrected chi connectivity index (χ1v) is 11.6. The molecule has 1 amide bonds. The number of amides is 1. The van der Waals surface area contributed by atoms with Gasteiger partial charge in [-0.05, 0) is 77.9 Å². The van der Waals surface area contributed by atoms with E-state index >= 15 is 0 Å². The summed E-state index contributed by atoms with van der Waals surface area (Å²) < 4.78 is 26.1. The van der Waals surface area contributed by atoms with E-state index in [0.717, 1.165) is 36.1 Å². The summed E-state index contributed by atoms with van der Waals surface area (Å²) in [6.07, 6.45) is 1.76. The molecule has 0 bridgehead atoms. The van der Waals surface area contributed by atoms with Crippen molar-refractivity contribution >= 4 is 24.2 Å². The van der Waals surface area contributed by atoms with Crippen LogP contribution >= 0.6 is 0 Å². The van der Waals surface area contributed by atoms with Crippen LogP contribution in [0.15, 0.2) is 18.2 Å². The van der Waals surface area contributed by atoms with Gasteiger partial charge in [0.15, 0.2) is 0 Å². The van der Waals surface area contributed by atoms with Crippen LogP contribution in [0.2, 0.25) is 0 Å². The molecule has 1 aromatic rings. The van der Waals surface area contributed by atoms with Gasteiger partial charge in [-0.1, -0.05) is 12.1 Å². The van der Waals surface area contributed by atoms with E-state index in [1.165, 1.54) is 0 Å². The number of rotatable bonds is 3. The maximum absolute atomic E-state index is 13.6. The van der Waals surface area contributed by atoms with E-state index in [1.54, 1.807) is 0 Å². The highest BCUT2D eigenvalue weighted by atomic mass is 19.1. The van der Waals surface area contributed by atoms with Crippen LogP contribution in [-0.4, -0.2) is 60.5 Å². The zero-order valence-electron chi connectivity index (χ0n) is 19.6. The lowest BCUT2D eigenvalue weighted by molar-refractivity contribution is -0.123. The van der Waals surface area contributed by atoms with E-state index in [-0.39, 0.29) is 11.9 Å². The van der Waals surface area contributed by atoms with Gasteiger partial charge in [-0.15, -0.1) is 0 Å². The fourth-order valence-electron chi connectivity index (χ4n) is 5.43. The molecule has 2 saturated heterocycles. The standard InChI is InChI=1S/C24H34BFN2O3/c1-22(2)19-8-7-15(25-30-23(3,4)24(5,6)31-25)11-20(19)28(21(22)29)18-12-17(13-18)27-10-9-16(26)14-27/h7-8,11,16-18H,9-10,12-14H2,1-6H3. The number of alkyl halides is 1. The molecule has 5 nitrogen and oxygen atoms in total. The predicted octanol–water partition coefficient (Wildman–Crippen LogP) is 3.18. The number of anilines is 1. The number of likely N-dealkylation sites (tertiary alicyclic amines) is 1. The van der Waals surface area contributed by atoms with E-state index < -0.39 is 29.9 Å². The van der Waals surface area contributed by atoms with Crippen molar-refractivity contribution in [1.82, 2.24) is 4.90 Å². The number of carbonyl (C=O) groups excluding carboxylic acids is 1. The van der Waals surface area contributed by atoms with Gasteiger partial charge < -0.3 is 14.2 Å². The Kier molecular flexibility index (Phi) is 4.69. The Labute approximate surface area is 185 Å². The summed E-state index contributed by atoms with van der Waals surface area (Å²) >= 11 is 0. The molecule has 0 N–H and O–H groups in total. The van der Waals surface area contributed by atoms with Crippen molar-refractivity contribution in [3.8, 4) is 0 Å². The molecular weight excluding hydrogens is 394 g/mol. The van der Waals surface area contributed by atoms with Gasteiger partial charge in [0.2, 0.25) is 5.91 Å². The Morgan fingerprint density at radius 2 is 1.68 bits per heavy atom. The second-order valence-corrected chi connectivity index (χ2v) is 11.3. The zero-order valence-corrected chi connectivity index (χ0v) is 19.6. The Bertz CT molecular complexity index is 896. The number of hydrogen-bond donors (Lipinski definition) is 0. The average Bonchev–Trinajstić information content (AvgIpc) is 3.21. The Morgan fingerprint density at radius 1 is 1.03 bits per heavy atom. The minimum Gasteiger partial charge on any atom is -0.399 e. The fourth-order valence-corrected chi connectivity index (χ4v) is 5.43. The average molecular weight is 428 g/mol. The molecule has 1 aromatic carbocycles. The Morgan fingerprint density at radius 3 is 2.26 bits per heavy atom. The molecular formula is C24H34BFN2O3. The maximum Gasteiger partial charge on any atom is 0.494 e. The third kappa shape index (κ3) is 3.18. The lowest BCUT2D eigenvalue weighted by atomic mass is 9.76. The van der Waals surface area contributed by atoms with Gasteiger partial charge in [-0.25, -0.2) is 4.39 Å².